The second-order valence-electron chi connectivity index (χ2n) is 12.1. The predicted octanol–water partition coefficient (Wildman–Crippen LogP) is 4.79. The molecule has 4 heteroatoms. The molecule has 0 bridgehead atoms. The van der Waals surface area contributed by atoms with Gasteiger partial charge in [-0.3, -0.25) is 9.59 Å². The molecule has 1 saturated heterocycles. The number of carbonyl (C=O) groups excluding carboxylic acids is 2. The van der Waals surface area contributed by atoms with Crippen LogP contribution in [0, 0.1) is 45.8 Å². The van der Waals surface area contributed by atoms with Crippen LogP contribution in [0.15, 0.2) is 11.6 Å². The van der Waals surface area contributed by atoms with Crippen molar-refractivity contribution in [3.63, 3.8) is 0 Å². The number of halogens is 1. The number of allylic oxidation sites excluding steroid dienone is 1. The number of fused-ring (bicyclic) bond motifs is 10. The number of carbonyl (C=O) groups is 2. The first-order chi connectivity index (χ1) is 13.7. The quantitative estimate of drug-likeness (QED) is 0.551. The standard InChI is InChI=1S/C25H31FO3/c1-22-5-3-13(27)9-18(22)24(7-8-24)11-15-20-14-10-16(14)25(6-4-19(28)29-25)23(20,2)12-17(26)21(15)22/h9,14-17,20-21H,3-8,10-12H2,1-2H3. The van der Waals surface area contributed by atoms with Crippen LogP contribution in [-0.2, 0) is 14.3 Å². The van der Waals surface area contributed by atoms with Crippen LogP contribution in [0.5, 0.6) is 0 Å². The molecule has 7 aliphatic rings. The summed E-state index contributed by atoms with van der Waals surface area (Å²) in [6.45, 7) is 4.55. The van der Waals surface area contributed by atoms with E-state index in [9.17, 15) is 9.59 Å². The second-order valence-corrected chi connectivity index (χ2v) is 12.1. The van der Waals surface area contributed by atoms with E-state index in [0.717, 1.165) is 19.3 Å². The fourth-order valence-corrected chi connectivity index (χ4v) is 10.0. The highest BCUT2D eigenvalue weighted by atomic mass is 19.1. The molecule has 9 atom stereocenters. The molecule has 29 heavy (non-hydrogen) atoms. The SMILES string of the molecule is CC12CCC(=O)C=C1C1(CC1)CC1C2C(F)CC2(C)C1C1CC1C21CCC(=O)O1. The number of alkyl halides is 1. The van der Waals surface area contributed by atoms with Gasteiger partial charge in [0.05, 0.1) is 0 Å². The van der Waals surface area contributed by atoms with Crippen LogP contribution in [0.3, 0.4) is 0 Å². The summed E-state index contributed by atoms with van der Waals surface area (Å²) in [6.07, 6.45) is 8.84. The number of esters is 1. The Balaban J connectivity index is 1.36. The van der Waals surface area contributed by atoms with Gasteiger partial charge in [-0.2, -0.15) is 0 Å². The Morgan fingerprint density at radius 2 is 1.79 bits per heavy atom. The summed E-state index contributed by atoms with van der Waals surface area (Å²) in [7, 11) is 0. The van der Waals surface area contributed by atoms with Crippen LogP contribution < -0.4 is 0 Å². The molecule has 156 valence electrons. The molecule has 0 aromatic rings. The van der Waals surface area contributed by atoms with E-state index in [4.69, 9.17) is 4.74 Å². The first kappa shape index (κ1) is 17.5. The number of hydrogen-bond donors (Lipinski definition) is 0. The van der Waals surface area contributed by atoms with E-state index in [1.807, 2.05) is 6.08 Å². The average molecular weight is 399 g/mol. The molecule has 6 fully saturated rings. The highest BCUT2D eigenvalue weighted by Crippen LogP contribution is 2.82. The molecule has 9 unspecified atom stereocenters. The molecule has 2 spiro atoms. The van der Waals surface area contributed by atoms with E-state index in [-0.39, 0.29) is 33.9 Å². The third kappa shape index (κ3) is 1.80. The maximum atomic E-state index is 16.2. The Morgan fingerprint density at radius 1 is 1.00 bits per heavy atom. The Kier molecular flexibility index (Phi) is 2.91. The van der Waals surface area contributed by atoms with E-state index in [1.54, 1.807) is 0 Å². The Hall–Kier alpha value is -1.19. The van der Waals surface area contributed by atoms with Crippen molar-refractivity contribution in [3.8, 4) is 0 Å². The van der Waals surface area contributed by atoms with E-state index in [0.29, 0.717) is 42.9 Å². The molecule has 0 aromatic carbocycles. The van der Waals surface area contributed by atoms with Crippen molar-refractivity contribution in [1.82, 2.24) is 0 Å². The zero-order chi connectivity index (χ0) is 20.0. The van der Waals surface area contributed by atoms with Crippen molar-refractivity contribution in [2.45, 2.75) is 83.4 Å². The molecule has 3 nitrogen and oxygen atoms in total. The molecule has 0 radical (unpaired) electrons. The molecule has 0 aromatic heterocycles. The van der Waals surface area contributed by atoms with E-state index in [2.05, 4.69) is 13.8 Å². The highest BCUT2D eigenvalue weighted by Gasteiger charge is 2.81. The maximum absolute atomic E-state index is 16.2. The summed E-state index contributed by atoms with van der Waals surface area (Å²) in [5.41, 5.74) is 0.689. The van der Waals surface area contributed by atoms with Gasteiger partial charge in [-0.05, 0) is 79.6 Å². The number of ketones is 1. The predicted molar refractivity (Wildman–Crippen MR) is 104 cm³/mol. The van der Waals surface area contributed by atoms with Crippen molar-refractivity contribution in [2.24, 2.45) is 45.8 Å². The van der Waals surface area contributed by atoms with Gasteiger partial charge in [0.2, 0.25) is 0 Å². The number of rotatable bonds is 0. The van der Waals surface area contributed by atoms with E-state index >= 15 is 4.39 Å². The first-order valence-electron chi connectivity index (χ1n) is 11.9. The first-order valence-corrected chi connectivity index (χ1v) is 11.9. The van der Waals surface area contributed by atoms with Gasteiger partial charge in [0.25, 0.3) is 0 Å². The van der Waals surface area contributed by atoms with Gasteiger partial charge in [-0.1, -0.05) is 19.4 Å². The van der Waals surface area contributed by atoms with Crippen molar-refractivity contribution >= 4 is 11.8 Å². The molecular formula is C25H31FO3. The van der Waals surface area contributed by atoms with Crippen LogP contribution in [0.25, 0.3) is 0 Å². The smallest absolute Gasteiger partial charge is 0.306 e. The van der Waals surface area contributed by atoms with Gasteiger partial charge in [0.15, 0.2) is 5.78 Å². The lowest BCUT2D eigenvalue weighted by Crippen LogP contribution is -2.61. The van der Waals surface area contributed by atoms with Crippen molar-refractivity contribution in [2.75, 3.05) is 0 Å². The van der Waals surface area contributed by atoms with Gasteiger partial charge in [0.1, 0.15) is 11.8 Å². The number of hydrogen-bond acceptors (Lipinski definition) is 3. The lowest BCUT2D eigenvalue weighted by Gasteiger charge is -2.62. The minimum atomic E-state index is -0.868. The third-order valence-corrected chi connectivity index (χ3v) is 11.1. The molecule has 1 aliphatic heterocycles. The average Bonchev–Trinajstić information content (AvgIpc) is 3.55. The topological polar surface area (TPSA) is 43.4 Å². The second kappa shape index (κ2) is 4.83. The van der Waals surface area contributed by atoms with Gasteiger partial charge in [-0.25, -0.2) is 4.39 Å². The van der Waals surface area contributed by atoms with Gasteiger partial charge < -0.3 is 4.74 Å². The van der Waals surface area contributed by atoms with Crippen LogP contribution in [0.1, 0.15) is 71.6 Å². The fraction of sp³-hybridized carbons (Fsp3) is 0.840. The normalized spacial score (nSPS) is 58.2. The fourth-order valence-electron chi connectivity index (χ4n) is 10.0. The zero-order valence-corrected chi connectivity index (χ0v) is 17.5. The van der Waals surface area contributed by atoms with Crippen molar-refractivity contribution in [3.05, 3.63) is 11.6 Å². The Labute approximate surface area is 171 Å². The number of ether oxygens (including phenoxy) is 1. The van der Waals surface area contributed by atoms with E-state index < -0.39 is 11.8 Å². The lowest BCUT2D eigenvalue weighted by molar-refractivity contribution is -0.189. The van der Waals surface area contributed by atoms with Crippen molar-refractivity contribution in [1.29, 1.82) is 0 Å². The summed E-state index contributed by atoms with van der Waals surface area (Å²) >= 11 is 0. The monoisotopic (exact) mass is 398 g/mol. The molecule has 6 aliphatic carbocycles. The summed E-state index contributed by atoms with van der Waals surface area (Å²) in [5, 5.41) is 0. The Morgan fingerprint density at radius 3 is 2.48 bits per heavy atom. The highest BCUT2D eigenvalue weighted by molar-refractivity contribution is 5.92. The summed E-state index contributed by atoms with van der Waals surface area (Å²) < 4.78 is 22.3. The maximum Gasteiger partial charge on any atom is 0.306 e. The molecule has 0 N–H and O–H groups in total. The van der Waals surface area contributed by atoms with Crippen LogP contribution in [0.4, 0.5) is 4.39 Å². The summed E-state index contributed by atoms with van der Waals surface area (Å²) in [4.78, 5) is 24.5. The Bertz CT molecular complexity index is 888. The molecule has 5 saturated carbocycles. The third-order valence-electron chi connectivity index (χ3n) is 11.1. The molecule has 7 rings (SSSR count). The largest absolute Gasteiger partial charge is 0.458 e. The molecular weight excluding hydrogens is 367 g/mol. The molecule has 1 heterocycles. The lowest BCUT2D eigenvalue weighted by atomic mass is 9.42. The van der Waals surface area contributed by atoms with Gasteiger partial charge >= 0.3 is 5.97 Å². The van der Waals surface area contributed by atoms with Crippen LogP contribution in [0.2, 0.25) is 0 Å². The van der Waals surface area contributed by atoms with E-state index in [1.165, 1.54) is 24.8 Å². The minimum Gasteiger partial charge on any atom is -0.458 e. The molecule has 0 amide bonds. The summed E-state index contributed by atoms with van der Waals surface area (Å²) in [6, 6.07) is 0. The van der Waals surface area contributed by atoms with Crippen LogP contribution in [-0.4, -0.2) is 23.5 Å². The van der Waals surface area contributed by atoms with Crippen LogP contribution >= 0.6 is 0 Å². The summed E-state index contributed by atoms with van der Waals surface area (Å²) in [5.74, 6) is 2.13. The van der Waals surface area contributed by atoms with Gasteiger partial charge in [-0.15, -0.1) is 0 Å². The van der Waals surface area contributed by atoms with Gasteiger partial charge in [0, 0.05) is 30.1 Å². The minimum absolute atomic E-state index is 0.0275. The van der Waals surface area contributed by atoms with Crippen molar-refractivity contribution < 1.29 is 18.7 Å². The zero-order valence-electron chi connectivity index (χ0n) is 17.5.